The van der Waals surface area contributed by atoms with Crippen molar-refractivity contribution in [1.82, 2.24) is 9.88 Å². The molecule has 1 heterocycles. The van der Waals surface area contributed by atoms with Crippen molar-refractivity contribution in [3.05, 3.63) is 24.0 Å². The van der Waals surface area contributed by atoms with Crippen molar-refractivity contribution in [1.29, 1.82) is 0 Å². The van der Waals surface area contributed by atoms with Crippen LogP contribution >= 0.6 is 0 Å². The van der Waals surface area contributed by atoms with Crippen molar-refractivity contribution in [3.63, 3.8) is 0 Å². The lowest BCUT2D eigenvalue weighted by Gasteiger charge is -2.14. The summed E-state index contributed by atoms with van der Waals surface area (Å²) >= 11 is 0. The fourth-order valence-electron chi connectivity index (χ4n) is 2.18. The molecule has 0 saturated heterocycles. The van der Waals surface area contributed by atoms with Gasteiger partial charge in [0.05, 0.1) is 0 Å². The third kappa shape index (κ3) is 5.40. The van der Waals surface area contributed by atoms with Gasteiger partial charge in [0, 0.05) is 31.0 Å². The van der Waals surface area contributed by atoms with E-state index in [0.29, 0.717) is 6.04 Å². The Labute approximate surface area is 106 Å². The molecule has 0 amide bonds. The van der Waals surface area contributed by atoms with Gasteiger partial charge in [0.15, 0.2) is 0 Å². The second-order valence-electron chi connectivity index (χ2n) is 4.92. The van der Waals surface area contributed by atoms with Crippen LogP contribution in [0.4, 0.5) is 0 Å². The van der Waals surface area contributed by atoms with E-state index in [2.05, 4.69) is 49.0 Å². The highest BCUT2D eigenvalue weighted by Crippen LogP contribution is 2.07. The van der Waals surface area contributed by atoms with Gasteiger partial charge < -0.3 is 9.88 Å². The molecule has 2 heteroatoms. The summed E-state index contributed by atoms with van der Waals surface area (Å²) in [6.45, 7) is 8.81. The van der Waals surface area contributed by atoms with Crippen LogP contribution in [-0.4, -0.2) is 10.6 Å². The average Bonchev–Trinajstić information content (AvgIpc) is 2.79. The monoisotopic (exact) mass is 236 g/mol. The molecule has 2 nitrogen and oxygen atoms in total. The number of nitrogens with zero attached hydrogens (tertiary/aromatic N) is 1. The highest BCUT2D eigenvalue weighted by molar-refractivity contribution is 5.06. The molecule has 1 unspecified atom stereocenters. The molecule has 0 radical (unpaired) electrons. The Balaban J connectivity index is 2.17. The molecular weight excluding hydrogens is 208 g/mol. The molecular formula is C15H28N2. The van der Waals surface area contributed by atoms with Crippen molar-refractivity contribution in [2.45, 2.75) is 72.0 Å². The molecule has 1 atom stereocenters. The Morgan fingerprint density at radius 1 is 1.24 bits per heavy atom. The molecule has 1 aromatic heterocycles. The number of aryl methyl sites for hydroxylation is 1. The van der Waals surface area contributed by atoms with Gasteiger partial charge in [0.25, 0.3) is 0 Å². The predicted molar refractivity (Wildman–Crippen MR) is 75.2 cm³/mol. The third-order valence-corrected chi connectivity index (χ3v) is 3.39. The molecule has 0 aliphatic rings. The fraction of sp³-hybridized carbons (Fsp3) is 0.733. The lowest BCUT2D eigenvalue weighted by Crippen LogP contribution is -2.26. The summed E-state index contributed by atoms with van der Waals surface area (Å²) in [4.78, 5) is 0. The van der Waals surface area contributed by atoms with Crippen molar-refractivity contribution in [2.24, 2.45) is 0 Å². The minimum absolute atomic E-state index is 0.632. The predicted octanol–water partition coefficient (Wildman–Crippen LogP) is 3.96. The van der Waals surface area contributed by atoms with E-state index in [1.54, 1.807) is 0 Å². The topological polar surface area (TPSA) is 17.0 Å². The second kappa shape index (κ2) is 8.35. The number of hydrogen-bond donors (Lipinski definition) is 1. The molecule has 1 rings (SSSR count). The highest BCUT2D eigenvalue weighted by Gasteiger charge is 2.03. The number of nitrogens with one attached hydrogen (secondary N) is 1. The average molecular weight is 236 g/mol. The molecule has 1 N–H and O–H groups in total. The zero-order chi connectivity index (χ0) is 12.5. The number of rotatable bonds is 9. The molecule has 0 fully saturated rings. The molecule has 0 bridgehead atoms. The smallest absolute Gasteiger partial charge is 0.0361 e. The van der Waals surface area contributed by atoms with Gasteiger partial charge in [-0.25, -0.2) is 0 Å². The summed E-state index contributed by atoms with van der Waals surface area (Å²) in [5, 5.41) is 3.62. The first kappa shape index (κ1) is 14.3. The quantitative estimate of drug-likeness (QED) is 0.642. The summed E-state index contributed by atoms with van der Waals surface area (Å²) < 4.78 is 2.30. The molecule has 98 valence electrons. The van der Waals surface area contributed by atoms with Crippen LogP contribution in [0, 0.1) is 0 Å². The van der Waals surface area contributed by atoms with E-state index in [0.717, 1.165) is 13.1 Å². The molecule has 0 spiro atoms. The Morgan fingerprint density at radius 3 is 2.76 bits per heavy atom. The highest BCUT2D eigenvalue weighted by atomic mass is 15.0. The summed E-state index contributed by atoms with van der Waals surface area (Å²) in [6, 6.07) is 4.97. The molecule has 0 aliphatic heterocycles. The first-order valence-electron chi connectivity index (χ1n) is 7.15. The Kier molecular flexibility index (Phi) is 7.02. The van der Waals surface area contributed by atoms with Gasteiger partial charge in [0.2, 0.25) is 0 Å². The van der Waals surface area contributed by atoms with E-state index in [-0.39, 0.29) is 0 Å². The summed E-state index contributed by atoms with van der Waals surface area (Å²) in [5.41, 5.74) is 1.40. The van der Waals surface area contributed by atoms with Gasteiger partial charge in [-0.3, -0.25) is 0 Å². The first-order valence-corrected chi connectivity index (χ1v) is 7.15. The maximum atomic E-state index is 3.62. The molecule has 0 aromatic carbocycles. The largest absolute Gasteiger partial charge is 0.351 e. The standard InChI is InChI=1S/C15H28N2/c1-4-6-7-8-10-14(3)16-13-15-11-9-12-17(15)5-2/h9,11-12,14,16H,4-8,10,13H2,1-3H3. The van der Waals surface area contributed by atoms with Crippen LogP contribution < -0.4 is 5.32 Å². The number of aromatic nitrogens is 1. The zero-order valence-electron chi connectivity index (χ0n) is 11.7. The molecule has 1 aromatic rings. The van der Waals surface area contributed by atoms with Crippen molar-refractivity contribution >= 4 is 0 Å². The number of hydrogen-bond acceptors (Lipinski definition) is 1. The minimum Gasteiger partial charge on any atom is -0.351 e. The molecule has 17 heavy (non-hydrogen) atoms. The van der Waals surface area contributed by atoms with E-state index in [9.17, 15) is 0 Å². The SMILES string of the molecule is CCCCCCC(C)NCc1cccn1CC. The van der Waals surface area contributed by atoms with Gasteiger partial charge in [0.1, 0.15) is 0 Å². The van der Waals surface area contributed by atoms with Gasteiger partial charge in [-0.2, -0.15) is 0 Å². The van der Waals surface area contributed by atoms with E-state index >= 15 is 0 Å². The summed E-state index contributed by atoms with van der Waals surface area (Å²) in [5.74, 6) is 0. The maximum absolute atomic E-state index is 3.62. The summed E-state index contributed by atoms with van der Waals surface area (Å²) in [6.07, 6.45) is 8.90. The second-order valence-corrected chi connectivity index (χ2v) is 4.92. The van der Waals surface area contributed by atoms with Crippen LogP contribution in [0.25, 0.3) is 0 Å². The van der Waals surface area contributed by atoms with Crippen LogP contribution in [0.1, 0.15) is 58.6 Å². The fourth-order valence-corrected chi connectivity index (χ4v) is 2.18. The lowest BCUT2D eigenvalue weighted by molar-refractivity contribution is 0.474. The van der Waals surface area contributed by atoms with Crippen molar-refractivity contribution < 1.29 is 0 Å². The van der Waals surface area contributed by atoms with E-state index in [1.165, 1.54) is 37.8 Å². The van der Waals surface area contributed by atoms with E-state index in [4.69, 9.17) is 0 Å². The van der Waals surface area contributed by atoms with Gasteiger partial charge in [-0.05, 0) is 32.4 Å². The zero-order valence-corrected chi connectivity index (χ0v) is 11.7. The normalized spacial score (nSPS) is 12.9. The van der Waals surface area contributed by atoms with Gasteiger partial charge >= 0.3 is 0 Å². The van der Waals surface area contributed by atoms with E-state index in [1.807, 2.05) is 0 Å². The summed E-state index contributed by atoms with van der Waals surface area (Å²) in [7, 11) is 0. The Bertz CT molecular complexity index is 291. The van der Waals surface area contributed by atoms with Crippen LogP contribution in [0.5, 0.6) is 0 Å². The Hall–Kier alpha value is -0.760. The van der Waals surface area contributed by atoms with Crippen LogP contribution in [-0.2, 0) is 13.1 Å². The minimum atomic E-state index is 0.632. The van der Waals surface area contributed by atoms with Crippen molar-refractivity contribution in [2.75, 3.05) is 0 Å². The lowest BCUT2D eigenvalue weighted by atomic mass is 10.1. The van der Waals surface area contributed by atoms with Gasteiger partial charge in [-0.15, -0.1) is 0 Å². The molecule has 0 aliphatic carbocycles. The van der Waals surface area contributed by atoms with Gasteiger partial charge in [-0.1, -0.05) is 32.6 Å². The molecule has 0 saturated carbocycles. The Morgan fingerprint density at radius 2 is 2.06 bits per heavy atom. The van der Waals surface area contributed by atoms with E-state index < -0.39 is 0 Å². The maximum Gasteiger partial charge on any atom is 0.0361 e. The van der Waals surface area contributed by atoms with Crippen LogP contribution in [0.3, 0.4) is 0 Å². The third-order valence-electron chi connectivity index (χ3n) is 3.39. The first-order chi connectivity index (χ1) is 8.27. The van der Waals surface area contributed by atoms with Crippen LogP contribution in [0.15, 0.2) is 18.3 Å². The van der Waals surface area contributed by atoms with Crippen molar-refractivity contribution in [3.8, 4) is 0 Å². The number of unbranched alkanes of at least 4 members (excludes halogenated alkanes) is 3. The van der Waals surface area contributed by atoms with Crippen LogP contribution in [0.2, 0.25) is 0 Å².